The number of likely N-dealkylation sites (tertiary alicyclic amines) is 1. The van der Waals surface area contributed by atoms with Gasteiger partial charge in [-0.2, -0.15) is 0 Å². The quantitative estimate of drug-likeness (QED) is 0.658. The van der Waals surface area contributed by atoms with Crippen molar-refractivity contribution in [1.82, 2.24) is 4.90 Å². The minimum absolute atomic E-state index is 0.0285. The van der Waals surface area contributed by atoms with Crippen LogP contribution < -0.4 is 10.2 Å². The summed E-state index contributed by atoms with van der Waals surface area (Å²) in [5.41, 5.74) is 1.43. The molecule has 0 bridgehead atoms. The normalized spacial score (nSPS) is 15.0. The van der Waals surface area contributed by atoms with Crippen LogP contribution >= 0.6 is 0 Å². The van der Waals surface area contributed by atoms with Crippen molar-refractivity contribution >= 4 is 11.0 Å². The molecule has 0 aliphatic carbocycles. The van der Waals surface area contributed by atoms with Crippen molar-refractivity contribution in [1.29, 1.82) is 0 Å². The Hall–Kier alpha value is -2.86. The van der Waals surface area contributed by atoms with Crippen molar-refractivity contribution in [3.63, 3.8) is 0 Å². The fraction of sp³-hybridized carbons (Fsp3) is 0.348. The van der Waals surface area contributed by atoms with Crippen molar-refractivity contribution in [2.45, 2.75) is 39.2 Å². The molecule has 5 nitrogen and oxygen atoms in total. The molecule has 0 atom stereocenters. The second-order valence-electron chi connectivity index (χ2n) is 7.41. The van der Waals surface area contributed by atoms with E-state index in [4.69, 9.17) is 9.15 Å². The third kappa shape index (κ3) is 3.98. The summed E-state index contributed by atoms with van der Waals surface area (Å²) in [5.74, 6) is 0.191. The molecule has 1 fully saturated rings. The van der Waals surface area contributed by atoms with E-state index in [1.54, 1.807) is 6.07 Å². The fourth-order valence-electron chi connectivity index (χ4n) is 3.83. The Kier molecular flexibility index (Phi) is 5.53. The first kappa shape index (κ1) is 19.5. The number of benzene rings is 2. The number of ether oxygens (including phenoxy) is 1. The van der Waals surface area contributed by atoms with Crippen LogP contribution in [-0.4, -0.2) is 23.1 Å². The number of aromatic hydroxyl groups is 1. The van der Waals surface area contributed by atoms with E-state index in [2.05, 4.69) is 4.90 Å². The van der Waals surface area contributed by atoms with Gasteiger partial charge in [-0.1, -0.05) is 13.3 Å². The van der Waals surface area contributed by atoms with E-state index < -0.39 is 0 Å². The first-order valence-corrected chi connectivity index (χ1v) is 10.0. The molecule has 1 aromatic heterocycles. The maximum absolute atomic E-state index is 13.1. The Morgan fingerprint density at radius 2 is 1.90 bits per heavy atom. The second-order valence-corrected chi connectivity index (χ2v) is 7.41. The van der Waals surface area contributed by atoms with Crippen LogP contribution in [0.1, 0.15) is 37.3 Å². The van der Waals surface area contributed by atoms with Gasteiger partial charge in [-0.05, 0) is 68.2 Å². The minimum atomic E-state index is -0.381. The molecule has 1 saturated heterocycles. The van der Waals surface area contributed by atoms with Crippen LogP contribution in [0.25, 0.3) is 11.0 Å². The number of hydrogen-bond acceptors (Lipinski definition) is 5. The van der Waals surface area contributed by atoms with E-state index in [1.165, 1.54) is 36.9 Å². The fourth-order valence-corrected chi connectivity index (χ4v) is 3.83. The SMILES string of the molecule is CCc1cc2c(=O)c(Oc3ccc(F)cc3)coc2c(CN2CCCCC2)c1O. The van der Waals surface area contributed by atoms with E-state index in [9.17, 15) is 14.3 Å². The van der Waals surface area contributed by atoms with Crippen molar-refractivity contribution in [3.8, 4) is 17.2 Å². The number of nitrogens with zero attached hydrogens (tertiary/aromatic N) is 1. The van der Waals surface area contributed by atoms with Crippen LogP contribution in [0, 0.1) is 5.82 Å². The Bertz CT molecular complexity index is 1070. The maximum atomic E-state index is 13.1. The summed E-state index contributed by atoms with van der Waals surface area (Å²) in [6.07, 6.45) is 5.34. The predicted molar refractivity (Wildman–Crippen MR) is 109 cm³/mol. The van der Waals surface area contributed by atoms with Gasteiger partial charge in [-0.15, -0.1) is 0 Å². The number of hydrogen-bond donors (Lipinski definition) is 1. The number of rotatable bonds is 5. The van der Waals surface area contributed by atoms with Gasteiger partial charge in [-0.25, -0.2) is 4.39 Å². The summed E-state index contributed by atoms with van der Waals surface area (Å²) < 4.78 is 24.5. The topological polar surface area (TPSA) is 62.9 Å². The first-order valence-electron chi connectivity index (χ1n) is 10.0. The van der Waals surface area contributed by atoms with E-state index in [0.717, 1.165) is 25.9 Å². The van der Waals surface area contributed by atoms with Gasteiger partial charge in [0.05, 0.1) is 10.9 Å². The lowest BCUT2D eigenvalue weighted by molar-refractivity contribution is 0.218. The standard InChI is InChI=1S/C23H24FNO4/c1-2-15-12-18-22(27)20(29-17-8-6-16(24)7-9-17)14-28-23(18)19(21(15)26)13-25-10-4-3-5-11-25/h6-9,12,14,26H,2-5,10-11,13H2,1H3. The third-order valence-corrected chi connectivity index (χ3v) is 5.43. The Labute approximate surface area is 168 Å². The van der Waals surface area contributed by atoms with Crippen molar-refractivity contribution in [3.05, 3.63) is 63.8 Å². The smallest absolute Gasteiger partial charge is 0.235 e. The summed E-state index contributed by atoms with van der Waals surface area (Å²) in [4.78, 5) is 15.3. The third-order valence-electron chi connectivity index (χ3n) is 5.43. The molecule has 1 N–H and O–H groups in total. The molecule has 1 aliphatic heterocycles. The largest absolute Gasteiger partial charge is 0.507 e. The second kappa shape index (κ2) is 8.25. The van der Waals surface area contributed by atoms with E-state index in [1.807, 2.05) is 6.92 Å². The highest BCUT2D eigenvalue weighted by Gasteiger charge is 2.21. The molecule has 29 heavy (non-hydrogen) atoms. The van der Waals surface area contributed by atoms with Crippen LogP contribution in [0.4, 0.5) is 4.39 Å². The molecule has 152 valence electrons. The molecule has 2 heterocycles. The van der Waals surface area contributed by atoms with E-state index in [-0.39, 0.29) is 22.7 Å². The molecule has 0 radical (unpaired) electrons. The summed E-state index contributed by atoms with van der Waals surface area (Å²) in [5, 5.41) is 11.2. The minimum Gasteiger partial charge on any atom is -0.507 e. The van der Waals surface area contributed by atoms with Gasteiger partial charge >= 0.3 is 0 Å². The average molecular weight is 397 g/mol. The zero-order valence-electron chi connectivity index (χ0n) is 16.4. The van der Waals surface area contributed by atoms with Gasteiger partial charge in [0.15, 0.2) is 0 Å². The average Bonchev–Trinajstić information content (AvgIpc) is 2.74. The van der Waals surface area contributed by atoms with Crippen molar-refractivity contribution in [2.75, 3.05) is 13.1 Å². The molecule has 4 rings (SSSR count). The number of fused-ring (bicyclic) bond motifs is 1. The van der Waals surface area contributed by atoms with Gasteiger partial charge in [-0.3, -0.25) is 9.69 Å². The van der Waals surface area contributed by atoms with Crippen LogP contribution in [0.2, 0.25) is 0 Å². The van der Waals surface area contributed by atoms with Crippen molar-refractivity contribution in [2.24, 2.45) is 0 Å². The molecular formula is C23H24FNO4. The van der Waals surface area contributed by atoms with Gasteiger partial charge in [0.1, 0.15) is 29.2 Å². The molecule has 0 saturated carbocycles. The molecule has 0 amide bonds. The molecule has 1 aliphatic rings. The zero-order valence-corrected chi connectivity index (χ0v) is 16.4. The number of piperidine rings is 1. The summed E-state index contributed by atoms with van der Waals surface area (Å²) in [6, 6.07) is 7.11. The molecule has 0 unspecified atom stereocenters. The van der Waals surface area contributed by atoms with E-state index in [0.29, 0.717) is 40.8 Å². The van der Waals surface area contributed by atoms with Crippen LogP contribution in [-0.2, 0) is 13.0 Å². The predicted octanol–water partition coefficient (Wildman–Crippen LogP) is 4.98. The number of aryl methyl sites for hydroxylation is 1. The highest BCUT2D eigenvalue weighted by Crippen LogP contribution is 2.33. The lowest BCUT2D eigenvalue weighted by Gasteiger charge is -2.27. The van der Waals surface area contributed by atoms with E-state index >= 15 is 0 Å². The van der Waals surface area contributed by atoms with Gasteiger partial charge < -0.3 is 14.3 Å². The van der Waals surface area contributed by atoms with Crippen molar-refractivity contribution < 1.29 is 18.7 Å². The van der Waals surface area contributed by atoms with Gasteiger partial charge in [0, 0.05) is 6.54 Å². The molecular weight excluding hydrogens is 373 g/mol. The summed E-state index contributed by atoms with van der Waals surface area (Å²) >= 11 is 0. The molecule has 2 aromatic carbocycles. The molecule has 3 aromatic rings. The summed E-state index contributed by atoms with van der Waals surface area (Å²) in [7, 11) is 0. The maximum Gasteiger partial charge on any atom is 0.235 e. The Morgan fingerprint density at radius 1 is 1.17 bits per heavy atom. The highest BCUT2D eigenvalue weighted by molar-refractivity contribution is 5.84. The van der Waals surface area contributed by atoms with Gasteiger partial charge in [0.25, 0.3) is 0 Å². The lowest BCUT2D eigenvalue weighted by atomic mass is 10.0. The number of halogens is 1. The van der Waals surface area contributed by atoms with Crippen LogP contribution in [0.5, 0.6) is 17.2 Å². The van der Waals surface area contributed by atoms with Crippen LogP contribution in [0.3, 0.4) is 0 Å². The molecule has 0 spiro atoms. The molecule has 6 heteroatoms. The summed E-state index contributed by atoms with van der Waals surface area (Å²) in [6.45, 7) is 4.41. The van der Waals surface area contributed by atoms with Gasteiger partial charge in [0.2, 0.25) is 11.2 Å². The lowest BCUT2D eigenvalue weighted by Crippen LogP contribution is -2.29. The monoisotopic (exact) mass is 397 g/mol. The number of phenolic OH excluding ortho intramolecular Hbond substituents is 1. The number of phenols is 1. The zero-order chi connectivity index (χ0) is 20.4. The Balaban J connectivity index is 1.77. The first-order chi connectivity index (χ1) is 14.1. The van der Waals surface area contributed by atoms with Crippen LogP contribution in [0.15, 0.2) is 45.8 Å². The Morgan fingerprint density at radius 3 is 2.59 bits per heavy atom. The highest BCUT2D eigenvalue weighted by atomic mass is 19.1.